The summed E-state index contributed by atoms with van der Waals surface area (Å²) < 4.78 is 0. The maximum atomic E-state index is 5.84. The van der Waals surface area contributed by atoms with Gasteiger partial charge >= 0.3 is 0 Å². The molecule has 0 aliphatic rings. The molecule has 0 spiro atoms. The van der Waals surface area contributed by atoms with E-state index in [1.807, 2.05) is 18.2 Å². The van der Waals surface area contributed by atoms with Crippen molar-refractivity contribution in [3.63, 3.8) is 0 Å². The Bertz CT molecular complexity index is 389. The highest BCUT2D eigenvalue weighted by atomic mass is 15.2. The Morgan fingerprint density at radius 3 is 2.85 bits per heavy atom. The van der Waals surface area contributed by atoms with E-state index in [0.29, 0.717) is 12.0 Å². The lowest BCUT2D eigenvalue weighted by molar-refractivity contribution is 0.240. The zero-order valence-electron chi connectivity index (χ0n) is 12.8. The molecule has 3 N–H and O–H groups in total. The standard InChI is InChI=1S/C15H27N5/c1-4-20(13(2)3)12-11-19-15(16)18-10-8-14-7-5-6-9-17-14/h5-7,9,13H,4,8,10-12H2,1-3H3,(H3,16,18,19). The number of pyridine rings is 1. The average Bonchev–Trinajstić information content (AvgIpc) is 2.44. The molecule has 20 heavy (non-hydrogen) atoms. The van der Waals surface area contributed by atoms with Crippen LogP contribution in [0.1, 0.15) is 26.5 Å². The van der Waals surface area contributed by atoms with Crippen molar-refractivity contribution in [2.45, 2.75) is 33.2 Å². The predicted molar refractivity (Wildman–Crippen MR) is 84.8 cm³/mol. The predicted octanol–water partition coefficient (Wildman–Crippen LogP) is 1.26. The minimum Gasteiger partial charge on any atom is -0.370 e. The Kier molecular flexibility index (Phi) is 7.65. The van der Waals surface area contributed by atoms with Gasteiger partial charge in [-0.05, 0) is 32.5 Å². The summed E-state index contributed by atoms with van der Waals surface area (Å²) >= 11 is 0. The number of hydrogen-bond acceptors (Lipinski definition) is 3. The van der Waals surface area contributed by atoms with Gasteiger partial charge in [-0.2, -0.15) is 0 Å². The van der Waals surface area contributed by atoms with Crippen LogP contribution in [0.4, 0.5) is 0 Å². The molecule has 0 atom stereocenters. The van der Waals surface area contributed by atoms with E-state index in [0.717, 1.165) is 38.3 Å². The first-order valence-electron chi connectivity index (χ1n) is 7.31. The molecule has 0 unspecified atom stereocenters. The Balaban J connectivity index is 2.21. The van der Waals surface area contributed by atoms with Crippen molar-refractivity contribution in [2.75, 3.05) is 26.2 Å². The van der Waals surface area contributed by atoms with E-state index in [9.17, 15) is 0 Å². The number of aromatic nitrogens is 1. The van der Waals surface area contributed by atoms with E-state index >= 15 is 0 Å². The summed E-state index contributed by atoms with van der Waals surface area (Å²) in [5, 5.41) is 3.12. The third-order valence-electron chi connectivity index (χ3n) is 3.22. The largest absolute Gasteiger partial charge is 0.370 e. The molecular weight excluding hydrogens is 250 g/mol. The van der Waals surface area contributed by atoms with Crippen LogP contribution in [0.2, 0.25) is 0 Å². The molecule has 0 bridgehead atoms. The molecule has 0 amide bonds. The minimum absolute atomic E-state index is 0.515. The first-order chi connectivity index (χ1) is 9.63. The van der Waals surface area contributed by atoms with Crippen LogP contribution >= 0.6 is 0 Å². The maximum Gasteiger partial charge on any atom is 0.188 e. The van der Waals surface area contributed by atoms with Crippen LogP contribution in [-0.2, 0) is 6.42 Å². The lowest BCUT2D eigenvalue weighted by Crippen LogP contribution is -2.36. The van der Waals surface area contributed by atoms with Crippen LogP contribution in [0.3, 0.4) is 0 Å². The topological polar surface area (TPSA) is 66.5 Å². The van der Waals surface area contributed by atoms with E-state index < -0.39 is 0 Å². The normalized spacial score (nSPS) is 12.2. The van der Waals surface area contributed by atoms with E-state index in [4.69, 9.17) is 5.73 Å². The first kappa shape index (κ1) is 16.4. The molecule has 1 rings (SSSR count). The quantitative estimate of drug-likeness (QED) is 0.554. The Hall–Kier alpha value is -1.62. The lowest BCUT2D eigenvalue weighted by Gasteiger charge is -2.23. The minimum atomic E-state index is 0.515. The van der Waals surface area contributed by atoms with Crippen molar-refractivity contribution < 1.29 is 0 Å². The highest BCUT2D eigenvalue weighted by Gasteiger charge is 2.05. The number of likely N-dealkylation sites (N-methyl/N-ethyl adjacent to an activating group) is 1. The van der Waals surface area contributed by atoms with E-state index in [1.165, 1.54) is 0 Å². The molecule has 1 aromatic rings. The third-order valence-corrected chi connectivity index (χ3v) is 3.22. The summed E-state index contributed by atoms with van der Waals surface area (Å²) in [5.74, 6) is 0.515. The SMILES string of the molecule is CCN(CCN=C(N)NCCc1ccccn1)C(C)C. The average molecular weight is 277 g/mol. The Labute approximate surface area is 122 Å². The van der Waals surface area contributed by atoms with Gasteiger partial charge in [0.25, 0.3) is 0 Å². The second-order valence-electron chi connectivity index (χ2n) is 4.99. The molecule has 5 nitrogen and oxygen atoms in total. The fraction of sp³-hybridized carbons (Fsp3) is 0.600. The van der Waals surface area contributed by atoms with E-state index in [-0.39, 0.29) is 0 Å². The zero-order chi connectivity index (χ0) is 14.8. The lowest BCUT2D eigenvalue weighted by atomic mass is 10.3. The number of aliphatic imine (C=N–C) groups is 1. The zero-order valence-corrected chi connectivity index (χ0v) is 12.8. The van der Waals surface area contributed by atoms with Gasteiger partial charge in [0.1, 0.15) is 0 Å². The first-order valence-corrected chi connectivity index (χ1v) is 7.31. The van der Waals surface area contributed by atoms with Crippen molar-refractivity contribution in [1.29, 1.82) is 0 Å². The number of nitrogens with zero attached hydrogens (tertiary/aromatic N) is 3. The van der Waals surface area contributed by atoms with Crippen LogP contribution in [0.25, 0.3) is 0 Å². The molecule has 0 saturated carbocycles. The van der Waals surface area contributed by atoms with Crippen molar-refractivity contribution in [3.8, 4) is 0 Å². The van der Waals surface area contributed by atoms with Crippen LogP contribution in [0.15, 0.2) is 29.4 Å². The Morgan fingerprint density at radius 1 is 1.45 bits per heavy atom. The fourth-order valence-electron chi connectivity index (χ4n) is 2.00. The molecule has 112 valence electrons. The number of hydrogen-bond donors (Lipinski definition) is 2. The molecule has 1 heterocycles. The summed E-state index contributed by atoms with van der Waals surface area (Å²) in [7, 11) is 0. The van der Waals surface area contributed by atoms with Crippen molar-refractivity contribution in [2.24, 2.45) is 10.7 Å². The van der Waals surface area contributed by atoms with E-state index in [1.54, 1.807) is 6.20 Å². The number of nitrogens with two attached hydrogens (primary N) is 1. The van der Waals surface area contributed by atoms with Crippen LogP contribution in [0.5, 0.6) is 0 Å². The van der Waals surface area contributed by atoms with Gasteiger partial charge in [0.15, 0.2) is 5.96 Å². The van der Waals surface area contributed by atoms with Gasteiger partial charge in [-0.3, -0.25) is 14.9 Å². The molecular formula is C15H27N5. The maximum absolute atomic E-state index is 5.84. The monoisotopic (exact) mass is 277 g/mol. The number of rotatable bonds is 8. The summed E-state index contributed by atoms with van der Waals surface area (Å²) in [6.45, 7) is 10.0. The van der Waals surface area contributed by atoms with Gasteiger partial charge in [-0.1, -0.05) is 13.0 Å². The highest BCUT2D eigenvalue weighted by Crippen LogP contribution is 1.96. The van der Waals surface area contributed by atoms with E-state index in [2.05, 4.69) is 41.0 Å². The van der Waals surface area contributed by atoms with Crippen LogP contribution in [-0.4, -0.2) is 48.1 Å². The second kappa shape index (κ2) is 9.31. The number of nitrogens with one attached hydrogen (secondary N) is 1. The third kappa shape index (κ3) is 6.52. The molecule has 0 aliphatic carbocycles. The molecule has 0 aromatic carbocycles. The van der Waals surface area contributed by atoms with Crippen molar-refractivity contribution in [1.82, 2.24) is 15.2 Å². The second-order valence-corrected chi connectivity index (χ2v) is 4.99. The molecule has 1 aromatic heterocycles. The smallest absolute Gasteiger partial charge is 0.188 e. The van der Waals surface area contributed by atoms with Gasteiger partial charge in [-0.15, -0.1) is 0 Å². The summed E-state index contributed by atoms with van der Waals surface area (Å²) in [5.41, 5.74) is 6.90. The molecule has 0 saturated heterocycles. The highest BCUT2D eigenvalue weighted by molar-refractivity contribution is 5.77. The number of guanidine groups is 1. The summed E-state index contributed by atoms with van der Waals surface area (Å²) in [6.07, 6.45) is 2.65. The molecule has 0 aliphatic heterocycles. The van der Waals surface area contributed by atoms with Gasteiger partial charge in [0.05, 0.1) is 6.54 Å². The van der Waals surface area contributed by atoms with Crippen molar-refractivity contribution in [3.05, 3.63) is 30.1 Å². The summed E-state index contributed by atoms with van der Waals surface area (Å²) in [6, 6.07) is 6.47. The van der Waals surface area contributed by atoms with Crippen molar-refractivity contribution >= 4 is 5.96 Å². The van der Waals surface area contributed by atoms with Gasteiger partial charge in [0, 0.05) is 37.4 Å². The van der Waals surface area contributed by atoms with Crippen LogP contribution < -0.4 is 11.1 Å². The van der Waals surface area contributed by atoms with Gasteiger partial charge in [0.2, 0.25) is 0 Å². The summed E-state index contributed by atoms with van der Waals surface area (Å²) in [4.78, 5) is 11.0. The fourth-order valence-corrected chi connectivity index (χ4v) is 2.00. The molecule has 0 radical (unpaired) electrons. The molecule has 5 heteroatoms. The van der Waals surface area contributed by atoms with Gasteiger partial charge < -0.3 is 11.1 Å². The van der Waals surface area contributed by atoms with Gasteiger partial charge in [-0.25, -0.2) is 0 Å². The van der Waals surface area contributed by atoms with Crippen LogP contribution in [0, 0.1) is 0 Å². The Morgan fingerprint density at radius 2 is 2.25 bits per heavy atom. The molecule has 0 fully saturated rings.